The fourth-order valence-corrected chi connectivity index (χ4v) is 3.66. The zero-order valence-electron chi connectivity index (χ0n) is 15.6. The number of amides is 1. The first-order chi connectivity index (χ1) is 11.8. The second-order valence-corrected chi connectivity index (χ2v) is 6.90. The Morgan fingerprint density at radius 3 is 2.16 bits per heavy atom. The third kappa shape index (κ3) is 5.88. The average molecular weight is 365 g/mol. The van der Waals surface area contributed by atoms with E-state index >= 15 is 0 Å². The largest absolute Gasteiger partial charge is 0.468 e. The van der Waals surface area contributed by atoms with Gasteiger partial charge in [-0.2, -0.15) is 0 Å². The van der Waals surface area contributed by atoms with Gasteiger partial charge in [-0.15, -0.1) is 0 Å². The molecule has 138 valence electrons. The van der Waals surface area contributed by atoms with E-state index in [9.17, 15) is 14.4 Å². The number of ether oxygens (including phenoxy) is 1. The Balaban J connectivity index is 2.98. The number of carbonyl (C=O) groups is 3. The molecule has 5 nitrogen and oxygen atoms in total. The Hall–Kier alpha value is -1.82. The summed E-state index contributed by atoms with van der Waals surface area (Å²) < 4.78 is 4.72. The molecule has 0 saturated carbocycles. The van der Waals surface area contributed by atoms with Crippen LogP contribution in [0.3, 0.4) is 0 Å². The molecule has 0 aliphatic rings. The van der Waals surface area contributed by atoms with Crippen molar-refractivity contribution in [1.82, 2.24) is 0 Å². The van der Waals surface area contributed by atoms with Crippen LogP contribution in [0.15, 0.2) is 18.2 Å². The molecule has 0 N–H and O–H groups in total. The summed E-state index contributed by atoms with van der Waals surface area (Å²) in [6.07, 6.45) is 1.53. The molecule has 0 aliphatic heterocycles. The molecule has 1 amide bonds. The fourth-order valence-electron chi connectivity index (χ4n) is 2.67. The Morgan fingerprint density at radius 1 is 1.12 bits per heavy atom. The number of aryl methyl sites for hydroxylation is 2. The van der Waals surface area contributed by atoms with Crippen molar-refractivity contribution in [3.63, 3.8) is 0 Å². The lowest BCUT2D eigenvalue weighted by molar-refractivity contribution is -0.139. The van der Waals surface area contributed by atoms with E-state index in [1.54, 1.807) is 0 Å². The first-order valence-corrected chi connectivity index (χ1v) is 9.44. The van der Waals surface area contributed by atoms with E-state index in [2.05, 4.69) is 0 Å². The maximum absolute atomic E-state index is 12.7. The van der Waals surface area contributed by atoms with E-state index in [-0.39, 0.29) is 29.2 Å². The van der Waals surface area contributed by atoms with Crippen LogP contribution in [0, 0.1) is 19.8 Å². The van der Waals surface area contributed by atoms with Crippen LogP contribution in [-0.4, -0.2) is 36.4 Å². The molecule has 1 rings (SSSR count). The molecule has 0 atom stereocenters. The zero-order valence-corrected chi connectivity index (χ0v) is 16.4. The minimum atomic E-state index is -0.493. The predicted octanol–water partition coefficient (Wildman–Crippen LogP) is 3.51. The van der Waals surface area contributed by atoms with Gasteiger partial charge in [0.1, 0.15) is 6.54 Å². The van der Waals surface area contributed by atoms with Gasteiger partial charge in [0.25, 0.3) is 0 Å². The topological polar surface area (TPSA) is 63.7 Å². The number of carbonyl (C=O) groups excluding carboxylic acids is 3. The van der Waals surface area contributed by atoms with Crippen molar-refractivity contribution in [2.45, 2.75) is 40.5 Å². The molecule has 0 heterocycles. The normalized spacial score (nSPS) is 10.6. The van der Waals surface area contributed by atoms with Crippen LogP contribution in [-0.2, 0) is 19.1 Å². The summed E-state index contributed by atoms with van der Waals surface area (Å²) in [6.45, 7) is 7.55. The molecule has 1 aromatic rings. The maximum atomic E-state index is 12.7. The number of anilines is 1. The van der Waals surface area contributed by atoms with E-state index in [0.717, 1.165) is 35.7 Å². The third-order valence-electron chi connectivity index (χ3n) is 4.18. The third-order valence-corrected chi connectivity index (χ3v) is 5.19. The number of hydrogen-bond donors (Lipinski definition) is 0. The van der Waals surface area contributed by atoms with Crippen molar-refractivity contribution in [3.05, 3.63) is 29.3 Å². The van der Waals surface area contributed by atoms with Crippen LogP contribution in [0.5, 0.6) is 0 Å². The van der Waals surface area contributed by atoms with Gasteiger partial charge in [-0.1, -0.05) is 43.8 Å². The minimum absolute atomic E-state index is 0.0140. The van der Waals surface area contributed by atoms with Gasteiger partial charge in [0, 0.05) is 5.92 Å². The highest BCUT2D eigenvalue weighted by molar-refractivity contribution is 8.14. The number of hydrogen-bond acceptors (Lipinski definition) is 5. The van der Waals surface area contributed by atoms with Crippen molar-refractivity contribution in [3.8, 4) is 0 Å². The Bertz CT molecular complexity index is 606. The van der Waals surface area contributed by atoms with Crippen LogP contribution in [0.4, 0.5) is 5.69 Å². The van der Waals surface area contributed by atoms with Crippen molar-refractivity contribution in [2.75, 3.05) is 24.3 Å². The van der Waals surface area contributed by atoms with Crippen molar-refractivity contribution in [1.29, 1.82) is 0 Å². The monoisotopic (exact) mass is 365 g/mol. The average Bonchev–Trinajstić information content (AvgIpc) is 2.59. The van der Waals surface area contributed by atoms with Gasteiger partial charge < -0.3 is 4.74 Å². The molecule has 0 unspecified atom stereocenters. The molecule has 0 spiro atoms. The van der Waals surface area contributed by atoms with E-state index < -0.39 is 5.97 Å². The first kappa shape index (κ1) is 21.2. The summed E-state index contributed by atoms with van der Waals surface area (Å²) in [5.41, 5.74) is 2.50. The van der Waals surface area contributed by atoms with Crippen molar-refractivity contribution >= 4 is 34.4 Å². The second-order valence-electron chi connectivity index (χ2n) is 5.92. The Morgan fingerprint density at radius 2 is 1.68 bits per heavy atom. The molecule has 6 heteroatoms. The molecule has 0 saturated heterocycles. The Labute approximate surface area is 154 Å². The summed E-state index contributed by atoms with van der Waals surface area (Å²) in [6, 6.07) is 5.69. The Kier molecular flexibility index (Phi) is 8.69. The second kappa shape index (κ2) is 10.2. The van der Waals surface area contributed by atoms with Gasteiger partial charge in [0.2, 0.25) is 5.91 Å². The van der Waals surface area contributed by atoms with E-state index in [4.69, 9.17) is 4.74 Å². The highest BCUT2D eigenvalue weighted by atomic mass is 32.2. The molecular formula is C19H27NO4S. The standard InChI is InChI=1S/C19H27NO4S/c1-6-15(7-2)19(23)25-12-16(21)20(11-17(22)24-5)18-13(3)9-8-10-14(18)4/h8-10,15H,6-7,11-12H2,1-5H3. The van der Waals surface area contributed by atoms with Gasteiger partial charge in [-0.25, -0.2) is 0 Å². The van der Waals surface area contributed by atoms with Gasteiger partial charge in [0.15, 0.2) is 5.12 Å². The molecule has 1 aromatic carbocycles. The van der Waals surface area contributed by atoms with Gasteiger partial charge >= 0.3 is 5.97 Å². The van der Waals surface area contributed by atoms with E-state index in [1.165, 1.54) is 12.0 Å². The number of methoxy groups -OCH3 is 1. The molecule has 0 aromatic heterocycles. The van der Waals surface area contributed by atoms with Crippen LogP contribution in [0.25, 0.3) is 0 Å². The van der Waals surface area contributed by atoms with Crippen molar-refractivity contribution in [2.24, 2.45) is 5.92 Å². The molecular weight excluding hydrogens is 338 g/mol. The lowest BCUT2D eigenvalue weighted by Crippen LogP contribution is -2.38. The van der Waals surface area contributed by atoms with Gasteiger partial charge in [-0.3, -0.25) is 19.3 Å². The number of esters is 1. The molecule has 0 radical (unpaired) electrons. The summed E-state index contributed by atoms with van der Waals surface area (Å²) >= 11 is 1.03. The first-order valence-electron chi connectivity index (χ1n) is 8.45. The predicted molar refractivity (Wildman–Crippen MR) is 102 cm³/mol. The van der Waals surface area contributed by atoms with Gasteiger partial charge in [-0.05, 0) is 37.8 Å². The smallest absolute Gasteiger partial charge is 0.325 e. The van der Waals surface area contributed by atoms with Crippen LogP contribution >= 0.6 is 11.8 Å². The molecule has 0 fully saturated rings. The number of para-hydroxylation sites is 1. The van der Waals surface area contributed by atoms with E-state index in [0.29, 0.717) is 5.69 Å². The number of benzene rings is 1. The van der Waals surface area contributed by atoms with Crippen LogP contribution in [0.2, 0.25) is 0 Å². The van der Waals surface area contributed by atoms with E-state index in [1.807, 2.05) is 45.9 Å². The lowest BCUT2D eigenvalue weighted by Gasteiger charge is -2.25. The van der Waals surface area contributed by atoms with Crippen LogP contribution in [0.1, 0.15) is 37.8 Å². The minimum Gasteiger partial charge on any atom is -0.468 e. The number of thioether (sulfide) groups is 1. The SMILES string of the molecule is CCC(CC)C(=O)SCC(=O)N(CC(=O)OC)c1c(C)cccc1C. The number of nitrogens with zero attached hydrogens (tertiary/aromatic N) is 1. The van der Waals surface area contributed by atoms with Gasteiger partial charge in [0.05, 0.1) is 18.6 Å². The molecule has 0 aliphatic carbocycles. The molecule has 25 heavy (non-hydrogen) atoms. The summed E-state index contributed by atoms with van der Waals surface area (Å²) in [4.78, 5) is 38.1. The lowest BCUT2D eigenvalue weighted by atomic mass is 10.1. The summed E-state index contributed by atoms with van der Waals surface area (Å²) in [5, 5.41) is 0.0258. The fraction of sp³-hybridized carbons (Fsp3) is 0.526. The summed E-state index contributed by atoms with van der Waals surface area (Å²) in [7, 11) is 1.29. The highest BCUT2D eigenvalue weighted by Crippen LogP contribution is 2.26. The van der Waals surface area contributed by atoms with Crippen LogP contribution < -0.4 is 4.90 Å². The maximum Gasteiger partial charge on any atom is 0.325 e. The zero-order chi connectivity index (χ0) is 19.0. The highest BCUT2D eigenvalue weighted by Gasteiger charge is 2.24. The molecule has 0 bridgehead atoms. The number of rotatable bonds is 8. The quantitative estimate of drug-likeness (QED) is 0.660. The van der Waals surface area contributed by atoms with Crippen molar-refractivity contribution < 1.29 is 19.1 Å². The summed E-state index contributed by atoms with van der Waals surface area (Å²) in [5.74, 6) is -0.786.